The van der Waals surface area contributed by atoms with Gasteiger partial charge in [0.1, 0.15) is 11.8 Å². The maximum Gasteiger partial charge on any atom is 0.166 e. The molecule has 0 amide bonds. The molecule has 26 heavy (non-hydrogen) atoms. The molecule has 5 heteroatoms. The van der Waals surface area contributed by atoms with Crippen molar-refractivity contribution in [3.8, 4) is 5.75 Å². The lowest BCUT2D eigenvalue weighted by atomic mass is 10.0. The zero-order chi connectivity index (χ0) is 18.2. The molecule has 1 heterocycles. The number of nitrogens with one attached hydrogen (secondary N) is 3. The molecule has 1 saturated heterocycles. The van der Waals surface area contributed by atoms with Crippen molar-refractivity contribution in [3.05, 3.63) is 65.7 Å². The van der Waals surface area contributed by atoms with Gasteiger partial charge in [-0.3, -0.25) is 0 Å². The quantitative estimate of drug-likeness (QED) is 0.653. The number of methoxy groups -OCH3 is 1. The van der Waals surface area contributed by atoms with E-state index in [0.29, 0.717) is 11.2 Å². The van der Waals surface area contributed by atoms with Gasteiger partial charge in [-0.05, 0) is 29.9 Å². The molecule has 0 spiro atoms. The number of thiocarbonyl (C=S) groups is 1. The molecule has 3 N–H and O–H groups in total. The zero-order valence-corrected chi connectivity index (χ0v) is 16.1. The number of benzene rings is 2. The van der Waals surface area contributed by atoms with Crippen molar-refractivity contribution in [1.29, 1.82) is 0 Å². The fraction of sp³-hybridized carbons (Fsp3) is 0.381. The summed E-state index contributed by atoms with van der Waals surface area (Å²) in [7, 11) is 1.74. The molecule has 0 aliphatic carbocycles. The minimum absolute atomic E-state index is 0.338. The van der Waals surface area contributed by atoms with E-state index in [0.717, 1.165) is 18.8 Å². The Kier molecular flexibility index (Phi) is 6.86. The maximum atomic E-state index is 5.61. The van der Waals surface area contributed by atoms with Crippen LogP contribution in [-0.2, 0) is 6.54 Å². The normalized spacial score (nSPS) is 15.4. The van der Waals surface area contributed by atoms with E-state index in [1.165, 1.54) is 37.1 Å². The summed E-state index contributed by atoms with van der Waals surface area (Å²) in [6.07, 6.45) is 2.58. The monoisotopic (exact) mass is 370 g/mol. The van der Waals surface area contributed by atoms with Crippen molar-refractivity contribution in [3.63, 3.8) is 0 Å². The van der Waals surface area contributed by atoms with Gasteiger partial charge in [0, 0.05) is 19.4 Å². The van der Waals surface area contributed by atoms with Gasteiger partial charge in [0.15, 0.2) is 5.11 Å². The second-order valence-electron chi connectivity index (χ2n) is 6.71. The average Bonchev–Trinajstić information content (AvgIpc) is 3.22. The van der Waals surface area contributed by atoms with Crippen LogP contribution in [0.25, 0.3) is 0 Å². The Balaban J connectivity index is 1.61. The average molecular weight is 371 g/mol. The highest BCUT2D eigenvalue weighted by atomic mass is 32.1. The lowest BCUT2D eigenvalue weighted by molar-refractivity contribution is -0.918. The number of hydrogen-bond acceptors (Lipinski definition) is 2. The third-order valence-electron chi connectivity index (χ3n) is 5.02. The predicted octanol–water partition coefficient (Wildman–Crippen LogP) is 2.08. The van der Waals surface area contributed by atoms with Crippen molar-refractivity contribution in [2.45, 2.75) is 25.4 Å². The van der Waals surface area contributed by atoms with Gasteiger partial charge in [-0.25, -0.2) is 0 Å². The molecule has 3 rings (SSSR count). The Morgan fingerprint density at radius 1 is 1.04 bits per heavy atom. The standard InChI is InChI=1S/C21H27N3OS/c1-25-20-12-6-5-11-18(20)19(24-13-7-8-14-24)16-23-21(26)22-15-17-9-3-2-4-10-17/h2-6,9-12,19H,7-8,13-16H2,1H3,(H2,22,23,26)/p+1/t19-/m0/s1. The van der Waals surface area contributed by atoms with Crippen LogP contribution < -0.4 is 20.3 Å². The third-order valence-corrected chi connectivity index (χ3v) is 5.30. The van der Waals surface area contributed by atoms with Gasteiger partial charge < -0.3 is 20.3 Å². The zero-order valence-electron chi connectivity index (χ0n) is 15.3. The topological polar surface area (TPSA) is 37.7 Å². The highest BCUT2D eigenvalue weighted by Gasteiger charge is 2.29. The van der Waals surface area contributed by atoms with E-state index in [2.05, 4.69) is 34.9 Å². The number of likely N-dealkylation sites (tertiary alicyclic amines) is 1. The maximum absolute atomic E-state index is 5.61. The second-order valence-corrected chi connectivity index (χ2v) is 7.12. The minimum Gasteiger partial charge on any atom is -0.496 e. The third kappa shape index (κ3) is 4.96. The van der Waals surface area contributed by atoms with E-state index in [9.17, 15) is 0 Å². The van der Waals surface area contributed by atoms with E-state index < -0.39 is 0 Å². The van der Waals surface area contributed by atoms with Crippen molar-refractivity contribution >= 4 is 17.3 Å². The summed E-state index contributed by atoms with van der Waals surface area (Å²) in [5.74, 6) is 0.960. The summed E-state index contributed by atoms with van der Waals surface area (Å²) in [4.78, 5) is 1.60. The Bertz CT molecular complexity index is 701. The number of quaternary nitrogens is 1. The second kappa shape index (κ2) is 9.55. The van der Waals surface area contributed by atoms with Crippen molar-refractivity contribution in [2.24, 2.45) is 0 Å². The van der Waals surface area contributed by atoms with Crippen LogP contribution in [0, 0.1) is 0 Å². The molecule has 0 bridgehead atoms. The van der Waals surface area contributed by atoms with Gasteiger partial charge in [-0.15, -0.1) is 0 Å². The smallest absolute Gasteiger partial charge is 0.166 e. The van der Waals surface area contributed by atoms with E-state index in [-0.39, 0.29) is 0 Å². The fourth-order valence-corrected chi connectivity index (χ4v) is 3.80. The van der Waals surface area contributed by atoms with Crippen LogP contribution in [-0.4, -0.2) is 31.9 Å². The van der Waals surface area contributed by atoms with Crippen LogP contribution in [0.3, 0.4) is 0 Å². The molecule has 0 unspecified atom stereocenters. The molecule has 0 saturated carbocycles. The Morgan fingerprint density at radius 2 is 1.73 bits per heavy atom. The predicted molar refractivity (Wildman–Crippen MR) is 110 cm³/mol. The molecular weight excluding hydrogens is 342 g/mol. The molecule has 0 radical (unpaired) electrons. The molecular formula is C21H28N3OS+. The number of ether oxygens (including phenoxy) is 1. The van der Waals surface area contributed by atoms with Gasteiger partial charge in [-0.1, -0.05) is 42.5 Å². The highest BCUT2D eigenvalue weighted by molar-refractivity contribution is 7.80. The largest absolute Gasteiger partial charge is 0.496 e. The Labute approximate surface area is 161 Å². The van der Waals surface area contributed by atoms with Crippen LogP contribution in [0.15, 0.2) is 54.6 Å². The minimum atomic E-state index is 0.338. The van der Waals surface area contributed by atoms with Crippen molar-refractivity contribution in [1.82, 2.24) is 10.6 Å². The van der Waals surface area contributed by atoms with E-state index in [1.54, 1.807) is 12.0 Å². The van der Waals surface area contributed by atoms with E-state index in [4.69, 9.17) is 17.0 Å². The van der Waals surface area contributed by atoms with Crippen LogP contribution in [0.5, 0.6) is 5.75 Å². The number of para-hydroxylation sites is 1. The highest BCUT2D eigenvalue weighted by Crippen LogP contribution is 2.23. The van der Waals surface area contributed by atoms with Crippen LogP contribution in [0.2, 0.25) is 0 Å². The van der Waals surface area contributed by atoms with Gasteiger partial charge >= 0.3 is 0 Å². The van der Waals surface area contributed by atoms with Crippen LogP contribution in [0.4, 0.5) is 0 Å². The van der Waals surface area contributed by atoms with Crippen molar-refractivity contribution in [2.75, 3.05) is 26.7 Å². The van der Waals surface area contributed by atoms with E-state index in [1.807, 2.05) is 30.3 Å². The Morgan fingerprint density at radius 3 is 2.46 bits per heavy atom. The summed E-state index contributed by atoms with van der Waals surface area (Å²) in [6, 6.07) is 19.0. The fourth-order valence-electron chi connectivity index (χ4n) is 3.64. The summed E-state index contributed by atoms with van der Waals surface area (Å²) in [5.41, 5.74) is 2.48. The Hall–Kier alpha value is -2.11. The summed E-state index contributed by atoms with van der Waals surface area (Å²) >= 11 is 5.49. The van der Waals surface area contributed by atoms with E-state index >= 15 is 0 Å². The van der Waals surface area contributed by atoms with Gasteiger partial charge in [0.05, 0.1) is 32.3 Å². The first-order valence-corrected chi connectivity index (χ1v) is 9.72. The lowest BCUT2D eigenvalue weighted by Crippen LogP contribution is -3.11. The van der Waals surface area contributed by atoms with Crippen LogP contribution >= 0.6 is 12.2 Å². The van der Waals surface area contributed by atoms with Gasteiger partial charge in [0.25, 0.3) is 0 Å². The molecule has 1 aliphatic rings. The van der Waals surface area contributed by atoms with Crippen molar-refractivity contribution < 1.29 is 9.64 Å². The number of hydrogen-bond donors (Lipinski definition) is 3. The molecule has 2 aromatic rings. The first-order valence-electron chi connectivity index (χ1n) is 9.31. The molecule has 138 valence electrons. The lowest BCUT2D eigenvalue weighted by Gasteiger charge is -2.27. The first-order chi connectivity index (χ1) is 12.8. The van der Waals surface area contributed by atoms with Gasteiger partial charge in [0.2, 0.25) is 0 Å². The molecule has 2 aromatic carbocycles. The summed E-state index contributed by atoms with van der Waals surface area (Å²) < 4.78 is 5.61. The molecule has 1 aliphatic heterocycles. The SMILES string of the molecule is COc1ccccc1[C@H](CNC(=S)NCc1ccccc1)[NH+]1CCCC1. The number of rotatable bonds is 7. The molecule has 1 fully saturated rings. The van der Waals surface area contributed by atoms with Gasteiger partial charge in [-0.2, -0.15) is 0 Å². The van der Waals surface area contributed by atoms with Crippen LogP contribution in [0.1, 0.15) is 30.0 Å². The molecule has 0 aromatic heterocycles. The summed E-state index contributed by atoms with van der Waals surface area (Å²) in [6.45, 7) is 3.95. The first kappa shape index (κ1) is 18.7. The molecule has 1 atom stereocenters. The molecule has 4 nitrogen and oxygen atoms in total. The summed E-state index contributed by atoms with van der Waals surface area (Å²) in [5, 5.41) is 7.43.